The highest BCUT2D eigenvalue weighted by molar-refractivity contribution is 8.11. The first-order valence-electron chi connectivity index (χ1n) is 4.72. The van der Waals surface area contributed by atoms with Crippen molar-refractivity contribution in [3.05, 3.63) is 0 Å². The first-order chi connectivity index (χ1) is 5.75. The Bertz CT molecular complexity index is 193. The van der Waals surface area contributed by atoms with Crippen molar-refractivity contribution in [1.29, 1.82) is 0 Å². The van der Waals surface area contributed by atoms with E-state index in [0.717, 1.165) is 24.3 Å². The topological polar surface area (TPSA) is 12.0 Å². The largest absolute Gasteiger partial charge is 0.371 e. The van der Waals surface area contributed by atoms with Gasteiger partial charge in [0.1, 0.15) is 4.32 Å². The first kappa shape index (κ1) is 8.82. The van der Waals surface area contributed by atoms with Gasteiger partial charge in [0, 0.05) is 6.54 Å². The van der Waals surface area contributed by atoms with E-state index in [-0.39, 0.29) is 0 Å². The summed E-state index contributed by atoms with van der Waals surface area (Å²) < 4.78 is 0.651. The molecule has 2 rings (SSSR count). The Kier molecular flexibility index (Phi) is 2.60. The molecule has 0 radical (unpaired) electrons. The molecule has 0 saturated heterocycles. The monoisotopic (exact) mass is 201 g/mol. The molecule has 0 aromatic carbocycles. The lowest BCUT2D eigenvalue weighted by Gasteiger charge is -2.21. The summed E-state index contributed by atoms with van der Waals surface area (Å²) in [5, 5.41) is 3.17. The molecule has 0 aromatic heterocycles. The van der Waals surface area contributed by atoms with Crippen molar-refractivity contribution in [3.8, 4) is 0 Å². The second-order valence-corrected chi connectivity index (χ2v) is 5.28. The van der Waals surface area contributed by atoms with Gasteiger partial charge in [-0.25, -0.2) is 0 Å². The molecule has 2 fully saturated rings. The lowest BCUT2D eigenvalue weighted by atomic mass is 9.89. The molecule has 68 valence electrons. The van der Waals surface area contributed by atoms with Crippen LogP contribution in [-0.2, 0) is 0 Å². The Hall–Kier alpha value is 0.240. The van der Waals surface area contributed by atoms with Crippen LogP contribution >= 0.6 is 24.8 Å². The van der Waals surface area contributed by atoms with Gasteiger partial charge in [0.25, 0.3) is 0 Å². The molecular weight excluding hydrogens is 186 g/mol. The molecule has 1 N–H and O–H groups in total. The van der Waals surface area contributed by atoms with Gasteiger partial charge in [-0.3, -0.25) is 0 Å². The summed E-state index contributed by atoms with van der Waals surface area (Å²) in [5.41, 5.74) is 0. The van der Waals surface area contributed by atoms with Gasteiger partial charge < -0.3 is 5.32 Å². The fraction of sp³-hybridized carbons (Fsp3) is 0.889. The Morgan fingerprint density at radius 1 is 1.42 bits per heavy atom. The molecule has 2 aliphatic carbocycles. The van der Waals surface area contributed by atoms with Gasteiger partial charge in [0.05, 0.1) is 0 Å². The molecule has 0 aromatic rings. The van der Waals surface area contributed by atoms with E-state index in [1.54, 1.807) is 0 Å². The summed E-state index contributed by atoms with van der Waals surface area (Å²) in [6, 6.07) is 0. The Morgan fingerprint density at radius 2 is 2.25 bits per heavy atom. The van der Waals surface area contributed by atoms with E-state index in [4.69, 9.17) is 12.2 Å². The zero-order valence-corrected chi connectivity index (χ0v) is 8.83. The minimum Gasteiger partial charge on any atom is -0.371 e. The normalized spacial score (nSPS) is 38.6. The number of thiol groups is 1. The highest BCUT2D eigenvalue weighted by Crippen LogP contribution is 2.47. The van der Waals surface area contributed by atoms with E-state index in [9.17, 15) is 0 Å². The zero-order chi connectivity index (χ0) is 8.55. The maximum absolute atomic E-state index is 4.87. The summed E-state index contributed by atoms with van der Waals surface area (Å²) >= 11 is 8.93. The summed E-state index contributed by atoms with van der Waals surface area (Å²) in [5.74, 6) is 2.91. The summed E-state index contributed by atoms with van der Waals surface area (Å²) in [6.45, 7) is 1.06. The third kappa shape index (κ3) is 1.77. The zero-order valence-electron chi connectivity index (χ0n) is 7.12. The van der Waals surface area contributed by atoms with Crippen molar-refractivity contribution < 1.29 is 0 Å². The molecule has 0 aliphatic heterocycles. The first-order valence-corrected chi connectivity index (χ1v) is 5.58. The minimum atomic E-state index is 0.651. The van der Waals surface area contributed by atoms with Gasteiger partial charge in [-0.05, 0) is 37.0 Å². The average molecular weight is 201 g/mol. The lowest BCUT2D eigenvalue weighted by Crippen LogP contribution is -2.27. The number of thiocarbonyl (C=S) groups is 1. The van der Waals surface area contributed by atoms with Crippen molar-refractivity contribution in [1.82, 2.24) is 5.32 Å². The highest BCUT2D eigenvalue weighted by Gasteiger charge is 2.38. The van der Waals surface area contributed by atoms with Gasteiger partial charge in [-0.15, -0.1) is 12.6 Å². The molecule has 2 saturated carbocycles. The summed E-state index contributed by atoms with van der Waals surface area (Å²) in [7, 11) is 0. The third-order valence-electron chi connectivity index (χ3n) is 3.40. The van der Waals surface area contributed by atoms with E-state index < -0.39 is 0 Å². The van der Waals surface area contributed by atoms with Crippen molar-refractivity contribution >= 4 is 29.2 Å². The second kappa shape index (κ2) is 3.54. The van der Waals surface area contributed by atoms with Crippen LogP contribution < -0.4 is 5.32 Å². The Labute approximate surface area is 84.7 Å². The SMILES string of the molecule is S=C(S)NCC1CC2CCC1C2. The molecule has 3 heteroatoms. The van der Waals surface area contributed by atoms with Crippen molar-refractivity contribution in [2.75, 3.05) is 6.54 Å². The van der Waals surface area contributed by atoms with Crippen LogP contribution in [0.4, 0.5) is 0 Å². The molecule has 12 heavy (non-hydrogen) atoms. The second-order valence-electron chi connectivity index (χ2n) is 4.12. The van der Waals surface area contributed by atoms with Crippen molar-refractivity contribution in [2.45, 2.75) is 25.7 Å². The predicted molar refractivity (Wildman–Crippen MR) is 58.5 cm³/mol. The number of hydrogen-bond acceptors (Lipinski definition) is 1. The molecule has 2 aliphatic rings. The smallest absolute Gasteiger partial charge is 0.130 e. The van der Waals surface area contributed by atoms with Crippen LogP contribution in [0.25, 0.3) is 0 Å². The van der Waals surface area contributed by atoms with E-state index >= 15 is 0 Å². The number of fused-ring (bicyclic) bond motifs is 2. The molecule has 0 amide bonds. The van der Waals surface area contributed by atoms with Crippen LogP contribution in [0, 0.1) is 17.8 Å². The van der Waals surface area contributed by atoms with Crippen molar-refractivity contribution in [2.24, 2.45) is 17.8 Å². The van der Waals surface area contributed by atoms with E-state index in [1.807, 2.05) is 0 Å². The highest BCUT2D eigenvalue weighted by atomic mass is 32.1. The molecule has 1 nitrogen and oxygen atoms in total. The molecule has 3 atom stereocenters. The molecular formula is C9H15NS2. The predicted octanol–water partition coefficient (Wildman–Crippen LogP) is 2.23. The lowest BCUT2D eigenvalue weighted by molar-refractivity contribution is 0.333. The van der Waals surface area contributed by atoms with E-state index in [2.05, 4.69) is 17.9 Å². The van der Waals surface area contributed by atoms with Crippen LogP contribution in [0.15, 0.2) is 0 Å². The van der Waals surface area contributed by atoms with E-state index in [1.165, 1.54) is 25.7 Å². The van der Waals surface area contributed by atoms with Crippen LogP contribution in [0.1, 0.15) is 25.7 Å². The maximum Gasteiger partial charge on any atom is 0.130 e. The van der Waals surface area contributed by atoms with Gasteiger partial charge in [-0.1, -0.05) is 18.6 Å². The van der Waals surface area contributed by atoms with Crippen molar-refractivity contribution in [3.63, 3.8) is 0 Å². The number of rotatable bonds is 2. The molecule has 0 spiro atoms. The average Bonchev–Trinajstić information content (AvgIpc) is 2.60. The fourth-order valence-corrected chi connectivity index (χ4v) is 3.02. The standard InChI is InChI=1S/C9H15NS2/c11-9(12)10-5-8-4-6-1-2-7(8)3-6/h6-8H,1-5H2,(H2,10,11,12). The summed E-state index contributed by atoms with van der Waals surface area (Å²) in [4.78, 5) is 0. The molecule has 2 bridgehead atoms. The van der Waals surface area contributed by atoms with Crippen LogP contribution in [0.5, 0.6) is 0 Å². The number of hydrogen-bond donors (Lipinski definition) is 2. The quantitative estimate of drug-likeness (QED) is 0.525. The van der Waals surface area contributed by atoms with Gasteiger partial charge in [0.15, 0.2) is 0 Å². The molecule has 0 heterocycles. The van der Waals surface area contributed by atoms with Crippen LogP contribution in [-0.4, -0.2) is 10.9 Å². The maximum atomic E-state index is 4.87. The Morgan fingerprint density at radius 3 is 2.75 bits per heavy atom. The van der Waals surface area contributed by atoms with Crippen LogP contribution in [0.3, 0.4) is 0 Å². The van der Waals surface area contributed by atoms with Gasteiger partial charge in [-0.2, -0.15) is 0 Å². The summed E-state index contributed by atoms with van der Waals surface area (Å²) in [6.07, 6.45) is 5.84. The minimum absolute atomic E-state index is 0.651. The molecule has 3 unspecified atom stereocenters. The van der Waals surface area contributed by atoms with E-state index in [0.29, 0.717) is 4.32 Å². The fourth-order valence-electron chi connectivity index (χ4n) is 2.84. The Balaban J connectivity index is 1.79. The van der Waals surface area contributed by atoms with Gasteiger partial charge in [0.2, 0.25) is 0 Å². The third-order valence-corrected chi connectivity index (χ3v) is 3.70. The van der Waals surface area contributed by atoms with Gasteiger partial charge >= 0.3 is 0 Å². The number of nitrogens with one attached hydrogen (secondary N) is 1. The van der Waals surface area contributed by atoms with Crippen LogP contribution in [0.2, 0.25) is 0 Å².